The van der Waals surface area contributed by atoms with E-state index in [2.05, 4.69) is 10.3 Å². The second-order valence-corrected chi connectivity index (χ2v) is 6.57. The number of amides is 2. The molecule has 0 aliphatic rings. The molecular formula is C20H17ClFN3O2. The molecule has 0 aliphatic heterocycles. The highest BCUT2D eigenvalue weighted by Crippen LogP contribution is 2.22. The van der Waals surface area contributed by atoms with Gasteiger partial charge in [0.2, 0.25) is 5.91 Å². The van der Waals surface area contributed by atoms with Crippen LogP contribution in [0, 0.1) is 12.7 Å². The van der Waals surface area contributed by atoms with E-state index in [0.29, 0.717) is 32.9 Å². The fourth-order valence-corrected chi connectivity index (χ4v) is 2.94. The number of rotatable bonds is 4. The van der Waals surface area contributed by atoms with Gasteiger partial charge in [0.1, 0.15) is 5.82 Å². The van der Waals surface area contributed by atoms with E-state index in [1.54, 1.807) is 37.3 Å². The van der Waals surface area contributed by atoms with Crippen LogP contribution in [0.5, 0.6) is 0 Å². The first-order chi connectivity index (χ1) is 12.8. The first kappa shape index (κ1) is 18.8. The predicted octanol–water partition coefficient (Wildman–Crippen LogP) is 4.05. The molecule has 3 rings (SSSR count). The molecular weight excluding hydrogens is 369 g/mol. The minimum absolute atomic E-state index is 0.159. The molecule has 2 aromatic carbocycles. The van der Waals surface area contributed by atoms with Crippen molar-refractivity contribution in [3.63, 3.8) is 0 Å². The summed E-state index contributed by atoms with van der Waals surface area (Å²) in [7, 11) is 1.53. The predicted molar refractivity (Wildman–Crippen MR) is 103 cm³/mol. The number of aryl methyl sites for hydroxylation is 1. The van der Waals surface area contributed by atoms with Crippen LogP contribution in [0.1, 0.15) is 16.1 Å². The molecule has 0 saturated carbocycles. The molecule has 3 aromatic rings. The maximum Gasteiger partial charge on any atom is 0.254 e. The molecule has 138 valence electrons. The maximum absolute atomic E-state index is 13.5. The molecule has 0 saturated heterocycles. The normalized spacial score (nSPS) is 10.7. The van der Waals surface area contributed by atoms with Crippen LogP contribution in [0.15, 0.2) is 48.5 Å². The zero-order valence-corrected chi connectivity index (χ0v) is 15.5. The van der Waals surface area contributed by atoms with Crippen LogP contribution in [0.3, 0.4) is 0 Å². The van der Waals surface area contributed by atoms with Crippen molar-refractivity contribution in [3.05, 3.63) is 70.6 Å². The molecule has 0 fully saturated rings. The summed E-state index contributed by atoms with van der Waals surface area (Å²) < 4.78 is 13.5. The molecule has 0 unspecified atom stereocenters. The van der Waals surface area contributed by atoms with Gasteiger partial charge in [0, 0.05) is 24.2 Å². The number of aromatic nitrogens is 1. The number of halogens is 2. The van der Waals surface area contributed by atoms with Crippen molar-refractivity contribution in [1.82, 2.24) is 9.88 Å². The maximum atomic E-state index is 13.5. The summed E-state index contributed by atoms with van der Waals surface area (Å²) >= 11 is 6.03. The Labute approximate surface area is 160 Å². The van der Waals surface area contributed by atoms with Gasteiger partial charge in [0.15, 0.2) is 0 Å². The van der Waals surface area contributed by atoms with Crippen LogP contribution in [-0.2, 0) is 4.79 Å². The number of carbonyl (C=O) groups excluding carboxylic acids is 2. The Morgan fingerprint density at radius 2 is 1.93 bits per heavy atom. The molecule has 0 atom stereocenters. The van der Waals surface area contributed by atoms with Gasteiger partial charge in [-0.05, 0) is 37.3 Å². The van der Waals surface area contributed by atoms with E-state index in [-0.39, 0.29) is 18.4 Å². The Morgan fingerprint density at radius 1 is 1.19 bits per heavy atom. The Kier molecular flexibility index (Phi) is 5.37. The first-order valence-electron chi connectivity index (χ1n) is 8.22. The van der Waals surface area contributed by atoms with E-state index in [4.69, 9.17) is 11.6 Å². The molecule has 0 aliphatic carbocycles. The number of hydrogen-bond donors (Lipinski definition) is 1. The van der Waals surface area contributed by atoms with Crippen molar-refractivity contribution >= 4 is 40.0 Å². The third-order valence-corrected chi connectivity index (χ3v) is 4.34. The van der Waals surface area contributed by atoms with Gasteiger partial charge in [-0.1, -0.05) is 23.7 Å². The summed E-state index contributed by atoms with van der Waals surface area (Å²) in [6.07, 6.45) is 0. The number of fused-ring (bicyclic) bond motifs is 1. The lowest BCUT2D eigenvalue weighted by Crippen LogP contribution is -2.35. The Balaban J connectivity index is 1.80. The van der Waals surface area contributed by atoms with E-state index in [1.807, 2.05) is 0 Å². The summed E-state index contributed by atoms with van der Waals surface area (Å²) in [4.78, 5) is 30.7. The summed E-state index contributed by atoms with van der Waals surface area (Å²) in [6, 6.07) is 12.6. The summed E-state index contributed by atoms with van der Waals surface area (Å²) in [6.45, 7) is 1.57. The van der Waals surface area contributed by atoms with E-state index >= 15 is 0 Å². The third kappa shape index (κ3) is 4.23. The van der Waals surface area contributed by atoms with Gasteiger partial charge in [-0.25, -0.2) is 4.39 Å². The van der Waals surface area contributed by atoms with Crippen molar-refractivity contribution in [3.8, 4) is 0 Å². The van der Waals surface area contributed by atoms with Crippen molar-refractivity contribution in [2.24, 2.45) is 0 Å². The number of anilines is 1. The average Bonchev–Trinajstić information content (AvgIpc) is 2.61. The number of likely N-dealkylation sites (N-methyl/N-ethyl adjacent to an activating group) is 1. The highest BCUT2D eigenvalue weighted by molar-refractivity contribution is 6.33. The number of para-hydroxylation sites is 1. The van der Waals surface area contributed by atoms with E-state index in [0.717, 1.165) is 0 Å². The van der Waals surface area contributed by atoms with Crippen LogP contribution in [0.25, 0.3) is 10.9 Å². The van der Waals surface area contributed by atoms with Gasteiger partial charge in [-0.3, -0.25) is 14.6 Å². The second kappa shape index (κ2) is 7.72. The van der Waals surface area contributed by atoms with Gasteiger partial charge < -0.3 is 10.2 Å². The van der Waals surface area contributed by atoms with Crippen molar-refractivity contribution in [2.45, 2.75) is 6.92 Å². The topological polar surface area (TPSA) is 62.3 Å². The van der Waals surface area contributed by atoms with Crippen LogP contribution in [0.2, 0.25) is 5.02 Å². The third-order valence-electron chi connectivity index (χ3n) is 4.01. The average molecular weight is 386 g/mol. The second-order valence-electron chi connectivity index (χ2n) is 6.16. The van der Waals surface area contributed by atoms with Gasteiger partial charge in [-0.15, -0.1) is 0 Å². The molecule has 5 nitrogen and oxygen atoms in total. The first-order valence-corrected chi connectivity index (χ1v) is 8.59. The largest absolute Gasteiger partial charge is 0.332 e. The summed E-state index contributed by atoms with van der Waals surface area (Å²) in [5.74, 6) is -1.15. The minimum Gasteiger partial charge on any atom is -0.332 e. The van der Waals surface area contributed by atoms with Crippen molar-refractivity contribution in [2.75, 3.05) is 18.9 Å². The molecule has 1 N–H and O–H groups in total. The standard InChI is InChI=1S/C20H17ClFN3O2/c1-12-9-15(14-8-7-13(22)10-18(14)23-12)20(27)25(2)11-19(26)24-17-6-4-3-5-16(17)21/h3-10H,11H2,1-2H3,(H,24,26). The molecule has 7 heteroatoms. The quantitative estimate of drug-likeness (QED) is 0.737. The zero-order chi connectivity index (χ0) is 19.6. The number of benzene rings is 2. The Hall–Kier alpha value is -2.99. The molecule has 2 amide bonds. The van der Waals surface area contributed by atoms with Crippen LogP contribution < -0.4 is 5.32 Å². The van der Waals surface area contributed by atoms with Crippen LogP contribution in [0.4, 0.5) is 10.1 Å². The monoisotopic (exact) mass is 385 g/mol. The molecule has 27 heavy (non-hydrogen) atoms. The van der Waals surface area contributed by atoms with Gasteiger partial charge >= 0.3 is 0 Å². The van der Waals surface area contributed by atoms with Crippen molar-refractivity contribution < 1.29 is 14.0 Å². The zero-order valence-electron chi connectivity index (χ0n) is 14.8. The number of pyridine rings is 1. The summed E-state index contributed by atoms with van der Waals surface area (Å²) in [5.41, 5.74) is 1.83. The highest BCUT2D eigenvalue weighted by atomic mass is 35.5. The van der Waals surface area contributed by atoms with Gasteiger partial charge in [0.25, 0.3) is 5.91 Å². The number of nitrogens with zero attached hydrogens (tertiary/aromatic N) is 2. The van der Waals surface area contributed by atoms with Crippen LogP contribution in [-0.4, -0.2) is 35.3 Å². The lowest BCUT2D eigenvalue weighted by molar-refractivity contribution is -0.116. The number of hydrogen-bond acceptors (Lipinski definition) is 3. The number of nitrogens with one attached hydrogen (secondary N) is 1. The number of carbonyl (C=O) groups is 2. The molecule has 0 radical (unpaired) electrons. The smallest absolute Gasteiger partial charge is 0.254 e. The fourth-order valence-electron chi connectivity index (χ4n) is 2.76. The fraction of sp³-hybridized carbons (Fsp3) is 0.150. The van der Waals surface area contributed by atoms with Crippen molar-refractivity contribution in [1.29, 1.82) is 0 Å². The van der Waals surface area contributed by atoms with E-state index in [1.165, 1.54) is 30.1 Å². The lowest BCUT2D eigenvalue weighted by Gasteiger charge is -2.18. The van der Waals surface area contributed by atoms with Gasteiger partial charge in [-0.2, -0.15) is 0 Å². The molecule has 0 bridgehead atoms. The Bertz CT molecular complexity index is 1030. The van der Waals surface area contributed by atoms with E-state index < -0.39 is 5.82 Å². The summed E-state index contributed by atoms with van der Waals surface area (Å²) in [5, 5.41) is 3.62. The van der Waals surface area contributed by atoms with Gasteiger partial charge in [0.05, 0.1) is 28.3 Å². The van der Waals surface area contributed by atoms with Crippen LogP contribution >= 0.6 is 11.6 Å². The molecule has 0 spiro atoms. The molecule has 1 aromatic heterocycles. The SMILES string of the molecule is Cc1cc(C(=O)N(C)CC(=O)Nc2ccccc2Cl)c2ccc(F)cc2n1. The highest BCUT2D eigenvalue weighted by Gasteiger charge is 2.19. The Morgan fingerprint density at radius 3 is 2.67 bits per heavy atom. The lowest BCUT2D eigenvalue weighted by atomic mass is 10.1. The van der Waals surface area contributed by atoms with E-state index in [9.17, 15) is 14.0 Å². The minimum atomic E-state index is -0.425. The molecule has 1 heterocycles.